The number of hydrogen-bond acceptors (Lipinski definition) is 7. The summed E-state index contributed by atoms with van der Waals surface area (Å²) in [6, 6.07) is 0.595. The van der Waals surface area contributed by atoms with Gasteiger partial charge in [0.05, 0.1) is 13.2 Å². The van der Waals surface area contributed by atoms with E-state index >= 15 is 0 Å². The second-order valence-corrected chi connectivity index (χ2v) is 11.4. The highest BCUT2D eigenvalue weighted by molar-refractivity contribution is 5.49. The fourth-order valence-corrected chi connectivity index (χ4v) is 6.06. The Balaban J connectivity index is 2.14. The molecule has 0 amide bonds. The summed E-state index contributed by atoms with van der Waals surface area (Å²) in [5.41, 5.74) is -0.444. The van der Waals surface area contributed by atoms with Crippen LogP contribution in [0.3, 0.4) is 0 Å². The molecule has 0 spiro atoms. The first-order chi connectivity index (χ1) is 13.7. The quantitative estimate of drug-likeness (QED) is 0.665. The van der Waals surface area contributed by atoms with Crippen molar-refractivity contribution in [3.05, 3.63) is 0 Å². The van der Waals surface area contributed by atoms with Crippen LogP contribution in [0.5, 0.6) is 6.01 Å². The van der Waals surface area contributed by atoms with E-state index in [0.29, 0.717) is 17.9 Å². The minimum absolute atomic E-state index is 0.0455. The molecule has 0 saturated carbocycles. The van der Waals surface area contributed by atoms with Gasteiger partial charge in [0.1, 0.15) is 0 Å². The summed E-state index contributed by atoms with van der Waals surface area (Å²) in [6.07, 6.45) is 5.22. The van der Waals surface area contributed by atoms with Gasteiger partial charge in [-0.1, -0.05) is 0 Å². The van der Waals surface area contributed by atoms with Crippen LogP contribution in [0.15, 0.2) is 4.99 Å². The smallest absolute Gasteiger partial charge is 0.322 e. The number of ether oxygens (including phenoxy) is 1. The lowest BCUT2D eigenvalue weighted by molar-refractivity contribution is 0.215. The number of rotatable bonds is 4. The highest BCUT2D eigenvalue weighted by atomic mass is 16.5. The Labute approximate surface area is 182 Å². The van der Waals surface area contributed by atoms with E-state index < -0.39 is 0 Å². The topological polar surface area (TPSA) is 66.7 Å². The van der Waals surface area contributed by atoms with Crippen molar-refractivity contribution in [2.75, 3.05) is 16.9 Å². The van der Waals surface area contributed by atoms with Gasteiger partial charge in [-0.25, -0.2) is 0 Å². The number of aromatic nitrogens is 3. The zero-order valence-corrected chi connectivity index (χ0v) is 20.4. The van der Waals surface area contributed by atoms with Gasteiger partial charge in [0, 0.05) is 22.2 Å². The molecule has 7 heteroatoms. The van der Waals surface area contributed by atoms with Crippen LogP contribution in [-0.2, 0) is 0 Å². The second-order valence-electron chi connectivity index (χ2n) is 11.4. The summed E-state index contributed by atoms with van der Waals surface area (Å²) >= 11 is 0. The highest BCUT2D eigenvalue weighted by Crippen LogP contribution is 2.44. The molecular formula is C23H40N6O. The van der Waals surface area contributed by atoms with E-state index in [1.807, 2.05) is 0 Å². The van der Waals surface area contributed by atoms with Crippen LogP contribution >= 0.6 is 0 Å². The number of anilines is 2. The molecule has 0 bridgehead atoms. The molecule has 0 aliphatic carbocycles. The zero-order chi connectivity index (χ0) is 22.5. The predicted molar refractivity (Wildman–Crippen MR) is 124 cm³/mol. The maximum atomic E-state index is 5.55. The molecule has 3 rings (SSSR count). The van der Waals surface area contributed by atoms with Crippen LogP contribution in [0.2, 0.25) is 0 Å². The van der Waals surface area contributed by atoms with Crippen LogP contribution in [0.25, 0.3) is 0 Å². The SMILES string of the molecule is C=NC1CC(C)(C)N(c2nc(OC)nc(N3C(C)(C)CCCC3(C)C)n2)C(C)(C)C1. The average Bonchev–Trinajstić information content (AvgIpc) is 2.57. The number of hydrogen-bond donors (Lipinski definition) is 0. The van der Waals surface area contributed by atoms with Crippen molar-refractivity contribution in [2.24, 2.45) is 4.99 Å². The third-order valence-electron chi connectivity index (χ3n) is 6.90. The van der Waals surface area contributed by atoms with E-state index in [-0.39, 0.29) is 28.2 Å². The summed E-state index contributed by atoms with van der Waals surface area (Å²) in [5, 5.41) is 0. The van der Waals surface area contributed by atoms with Crippen molar-refractivity contribution < 1.29 is 4.74 Å². The first-order valence-corrected chi connectivity index (χ1v) is 11.1. The van der Waals surface area contributed by atoms with Crippen LogP contribution in [0.1, 0.15) is 87.5 Å². The molecule has 0 N–H and O–H groups in total. The first-order valence-electron chi connectivity index (χ1n) is 11.1. The van der Waals surface area contributed by atoms with Gasteiger partial charge in [-0.15, -0.1) is 0 Å². The molecule has 2 saturated heterocycles. The highest BCUT2D eigenvalue weighted by Gasteiger charge is 2.48. The van der Waals surface area contributed by atoms with Gasteiger partial charge in [-0.05, 0) is 94.2 Å². The second kappa shape index (κ2) is 7.34. The summed E-state index contributed by atoms with van der Waals surface area (Å²) in [4.78, 5) is 23.6. The Morgan fingerprint density at radius 3 is 1.63 bits per heavy atom. The fraction of sp³-hybridized carbons (Fsp3) is 0.826. The van der Waals surface area contributed by atoms with Gasteiger partial charge in [0.2, 0.25) is 11.9 Å². The molecule has 1 aromatic rings. The van der Waals surface area contributed by atoms with Crippen LogP contribution in [-0.4, -0.2) is 57.0 Å². The molecule has 2 aliphatic rings. The maximum Gasteiger partial charge on any atom is 0.322 e. The number of piperidine rings is 2. The fourth-order valence-electron chi connectivity index (χ4n) is 6.06. The van der Waals surface area contributed by atoms with Crippen molar-refractivity contribution in [1.82, 2.24) is 15.0 Å². The van der Waals surface area contributed by atoms with E-state index in [9.17, 15) is 0 Å². The number of nitrogens with zero attached hydrogens (tertiary/aromatic N) is 6. The Hall–Kier alpha value is -1.92. The lowest BCUT2D eigenvalue weighted by Gasteiger charge is -2.55. The third-order valence-corrected chi connectivity index (χ3v) is 6.90. The molecule has 30 heavy (non-hydrogen) atoms. The normalized spacial score (nSPS) is 25.1. The largest absolute Gasteiger partial charge is 0.467 e. The van der Waals surface area contributed by atoms with Crippen molar-refractivity contribution in [3.8, 4) is 6.01 Å². The lowest BCUT2D eigenvalue weighted by atomic mass is 9.77. The first kappa shape index (κ1) is 22.8. The van der Waals surface area contributed by atoms with E-state index in [0.717, 1.165) is 25.7 Å². The molecule has 2 fully saturated rings. The van der Waals surface area contributed by atoms with Gasteiger partial charge < -0.3 is 14.5 Å². The van der Waals surface area contributed by atoms with Crippen LogP contribution in [0.4, 0.5) is 11.9 Å². The van der Waals surface area contributed by atoms with E-state index in [1.54, 1.807) is 7.11 Å². The summed E-state index contributed by atoms with van der Waals surface area (Å²) in [5.74, 6) is 1.37. The Bertz CT molecular complexity index is 767. The Morgan fingerprint density at radius 2 is 1.23 bits per heavy atom. The van der Waals surface area contributed by atoms with Crippen LogP contribution in [0, 0.1) is 0 Å². The minimum Gasteiger partial charge on any atom is -0.467 e. The molecule has 0 radical (unpaired) electrons. The number of aliphatic imine (C=N–C) groups is 1. The van der Waals surface area contributed by atoms with Crippen molar-refractivity contribution in [3.63, 3.8) is 0 Å². The summed E-state index contributed by atoms with van der Waals surface area (Å²) in [6.45, 7) is 21.9. The standard InChI is InChI=1S/C23H40N6O/c1-20(2)12-11-13-21(3,4)28(20)17-25-18(27-19(26-17)30-10)29-22(5,6)14-16(24-9)15-23(29,7)8/h16H,9,11-15H2,1-8,10H3. The number of methoxy groups -OCH3 is 1. The van der Waals surface area contributed by atoms with Gasteiger partial charge in [0.25, 0.3) is 0 Å². The van der Waals surface area contributed by atoms with E-state index in [2.05, 4.69) is 76.9 Å². The van der Waals surface area contributed by atoms with Crippen molar-refractivity contribution in [2.45, 2.75) is 116 Å². The van der Waals surface area contributed by atoms with Crippen LogP contribution < -0.4 is 14.5 Å². The van der Waals surface area contributed by atoms with Crippen molar-refractivity contribution in [1.29, 1.82) is 0 Å². The molecule has 168 valence electrons. The summed E-state index contributed by atoms with van der Waals surface area (Å²) in [7, 11) is 1.62. The van der Waals surface area contributed by atoms with Gasteiger partial charge in [-0.3, -0.25) is 4.99 Å². The lowest BCUT2D eigenvalue weighted by Crippen LogP contribution is -2.63. The molecular weight excluding hydrogens is 376 g/mol. The predicted octanol–water partition coefficient (Wildman–Crippen LogP) is 4.65. The summed E-state index contributed by atoms with van der Waals surface area (Å²) < 4.78 is 5.55. The Morgan fingerprint density at radius 1 is 0.800 bits per heavy atom. The van der Waals surface area contributed by atoms with Crippen molar-refractivity contribution >= 4 is 18.6 Å². The zero-order valence-electron chi connectivity index (χ0n) is 20.4. The minimum atomic E-state index is -0.176. The maximum absolute atomic E-state index is 5.55. The van der Waals surface area contributed by atoms with Gasteiger partial charge in [-0.2, -0.15) is 15.0 Å². The third kappa shape index (κ3) is 4.00. The monoisotopic (exact) mass is 416 g/mol. The van der Waals surface area contributed by atoms with Gasteiger partial charge in [0.15, 0.2) is 0 Å². The molecule has 0 atom stereocenters. The Kier molecular flexibility index (Phi) is 5.57. The molecule has 3 heterocycles. The molecule has 0 aromatic carbocycles. The molecule has 0 unspecified atom stereocenters. The van der Waals surface area contributed by atoms with E-state index in [1.165, 1.54) is 6.42 Å². The molecule has 1 aromatic heterocycles. The average molecular weight is 417 g/mol. The van der Waals surface area contributed by atoms with E-state index in [4.69, 9.17) is 19.7 Å². The van der Waals surface area contributed by atoms with Gasteiger partial charge >= 0.3 is 6.01 Å². The molecule has 7 nitrogen and oxygen atoms in total. The molecule has 2 aliphatic heterocycles.